The molecule has 0 saturated heterocycles. The van der Waals surface area contributed by atoms with Crippen molar-refractivity contribution in [3.8, 4) is 0 Å². The van der Waals surface area contributed by atoms with Gasteiger partial charge in [-0.2, -0.15) is 0 Å². The molecule has 2 atom stereocenters. The van der Waals surface area contributed by atoms with Crippen LogP contribution in [0.4, 0.5) is 0 Å². The molecule has 338 valence electrons. The van der Waals surface area contributed by atoms with Gasteiger partial charge >= 0.3 is 15.2 Å². The van der Waals surface area contributed by atoms with E-state index in [1.165, 1.54) is 51.4 Å². The fourth-order valence-corrected chi connectivity index (χ4v) is 8.75. The molecule has 8 N–H and O–H groups in total. The Morgan fingerprint density at radius 2 is 0.593 bits per heavy atom. The second-order valence-corrected chi connectivity index (χ2v) is 17.2. The second-order valence-electron chi connectivity index (χ2n) is 12.8. The Bertz CT molecular complexity index is 742. The van der Waals surface area contributed by atoms with Gasteiger partial charge in [-0.3, -0.25) is 9.13 Å². The van der Waals surface area contributed by atoms with Crippen LogP contribution in [0.3, 0.4) is 0 Å². The quantitative estimate of drug-likeness (QED) is 0.0341. The summed E-state index contributed by atoms with van der Waals surface area (Å²) in [6.07, 6.45) is 17.6. The van der Waals surface area contributed by atoms with Crippen molar-refractivity contribution < 1.29 is 27.2 Å². The molecule has 0 saturated carbocycles. The van der Waals surface area contributed by atoms with Crippen molar-refractivity contribution in [1.82, 2.24) is 9.80 Å². The van der Waals surface area contributed by atoms with Gasteiger partial charge in [0, 0.05) is 65.4 Å². The van der Waals surface area contributed by atoms with Gasteiger partial charge in [0.25, 0.3) is 0 Å². The van der Waals surface area contributed by atoms with E-state index < -0.39 is 15.2 Å². The molecule has 54 heavy (non-hydrogen) atoms. The van der Waals surface area contributed by atoms with Crippen LogP contribution in [0.2, 0.25) is 0 Å². The highest BCUT2D eigenvalue weighted by molar-refractivity contribution is 7.54. The van der Waals surface area contributed by atoms with Gasteiger partial charge < -0.3 is 50.8 Å². The van der Waals surface area contributed by atoms with Gasteiger partial charge in [0.1, 0.15) is 0 Å². The first-order chi connectivity index (χ1) is 23.3. The zero-order valence-corrected chi connectivity index (χ0v) is 40.3. The Morgan fingerprint density at radius 1 is 0.370 bits per heavy atom. The van der Waals surface area contributed by atoms with Crippen LogP contribution in [0.15, 0.2) is 0 Å². The minimum atomic E-state index is -3.23. The molecule has 0 aliphatic heterocycles. The largest absolute Gasteiger partial charge is 0.331 e. The highest BCUT2D eigenvalue weighted by Gasteiger charge is 2.26. The molecule has 20 heteroatoms. The van der Waals surface area contributed by atoms with Gasteiger partial charge in [0.2, 0.25) is 0 Å². The zero-order chi connectivity index (χ0) is 35.6. The normalized spacial score (nSPS) is 13.0. The molecule has 0 aromatic heterocycles. The lowest BCUT2D eigenvalue weighted by atomic mass is 10.1. The number of halogens is 6. The Hall–Kier alpha value is 1.80. The Labute approximate surface area is 368 Å². The van der Waals surface area contributed by atoms with Crippen molar-refractivity contribution >= 4 is 89.6 Å². The molecule has 0 aromatic carbocycles. The van der Waals surface area contributed by atoms with Crippen molar-refractivity contribution in [2.45, 2.75) is 117 Å². The topological polar surface area (TPSA) is 182 Å². The van der Waals surface area contributed by atoms with Crippen LogP contribution in [0, 0.1) is 0 Å². The summed E-state index contributed by atoms with van der Waals surface area (Å²) in [6.45, 7) is 12.1. The Kier molecular flexibility index (Phi) is 66.4. The van der Waals surface area contributed by atoms with Crippen LogP contribution < -0.4 is 22.9 Å². The Balaban J connectivity index is -0.000000736. The summed E-state index contributed by atoms with van der Waals surface area (Å²) in [5, 5.41) is 0. The maximum Gasteiger partial charge on any atom is 0.331 e. The standard InChI is InChI=1S/C34H78N6O6P2.6ClH/c1-3-5-7-9-11-15-29-43-47(41,33-27-39(23-19-35)24-20-36)45-31-17-13-14-18-32-46-48(42,34-28-40(25-21-37)26-22-38)44-30-16-12-10-8-6-4-2;;;;;;/h3-38H2,1-2H3;6*1H. The lowest BCUT2D eigenvalue weighted by molar-refractivity contribution is 0.186. The third-order valence-corrected chi connectivity index (χ3v) is 12.1. The van der Waals surface area contributed by atoms with E-state index in [1.54, 1.807) is 0 Å². The molecule has 0 bridgehead atoms. The molecule has 0 radical (unpaired) electrons. The molecule has 0 spiro atoms. The number of hydrogen-bond acceptors (Lipinski definition) is 12. The van der Waals surface area contributed by atoms with Crippen molar-refractivity contribution in [3.63, 3.8) is 0 Å². The van der Waals surface area contributed by atoms with Crippen molar-refractivity contribution in [2.75, 3.05) is 104 Å². The zero-order valence-electron chi connectivity index (χ0n) is 33.6. The first kappa shape index (κ1) is 70.4. The molecule has 0 aliphatic carbocycles. The summed E-state index contributed by atoms with van der Waals surface area (Å²) in [6, 6.07) is 0. The summed E-state index contributed by atoms with van der Waals surface area (Å²) < 4.78 is 51.1. The fourth-order valence-electron chi connectivity index (χ4n) is 5.40. The number of nitrogens with two attached hydrogens (primary N) is 4. The highest BCUT2D eigenvalue weighted by atomic mass is 35.5. The third-order valence-electron chi connectivity index (χ3n) is 8.35. The van der Waals surface area contributed by atoms with E-state index >= 15 is 0 Å². The second kappa shape index (κ2) is 50.9. The van der Waals surface area contributed by atoms with Crippen molar-refractivity contribution in [1.29, 1.82) is 0 Å². The van der Waals surface area contributed by atoms with Crippen LogP contribution in [0.25, 0.3) is 0 Å². The van der Waals surface area contributed by atoms with Crippen LogP contribution in [0.1, 0.15) is 117 Å². The smallest absolute Gasteiger partial charge is 0.329 e. The molecule has 0 heterocycles. The molecule has 0 amide bonds. The molecule has 2 unspecified atom stereocenters. The first-order valence-corrected chi connectivity index (χ1v) is 22.8. The third kappa shape index (κ3) is 43.4. The lowest BCUT2D eigenvalue weighted by Gasteiger charge is -2.24. The number of nitrogens with zero attached hydrogens (tertiary/aromatic N) is 2. The van der Waals surface area contributed by atoms with E-state index in [0.717, 1.165) is 51.4 Å². The number of unbranched alkanes of at least 4 members (excludes halogenated alkanes) is 13. The van der Waals surface area contributed by atoms with Gasteiger partial charge in [-0.1, -0.05) is 90.9 Å². The van der Waals surface area contributed by atoms with Crippen molar-refractivity contribution in [3.05, 3.63) is 0 Å². The number of hydrogen-bond donors (Lipinski definition) is 4. The Morgan fingerprint density at radius 3 is 0.815 bits per heavy atom. The molecule has 0 fully saturated rings. The van der Waals surface area contributed by atoms with Crippen LogP contribution in [-0.2, 0) is 27.2 Å². The minimum absolute atomic E-state index is 0. The fraction of sp³-hybridized carbons (Fsp3) is 1.00. The average molecular weight is 948 g/mol. The minimum Gasteiger partial charge on any atom is -0.329 e. The monoisotopic (exact) mass is 944 g/mol. The van der Waals surface area contributed by atoms with Gasteiger partial charge in [0.15, 0.2) is 0 Å². The van der Waals surface area contributed by atoms with Crippen molar-refractivity contribution in [2.24, 2.45) is 22.9 Å². The van der Waals surface area contributed by atoms with E-state index in [0.29, 0.717) is 104 Å². The van der Waals surface area contributed by atoms with E-state index in [-0.39, 0.29) is 74.4 Å². The molecule has 0 aromatic rings. The molecular weight excluding hydrogens is 863 g/mol. The summed E-state index contributed by atoms with van der Waals surface area (Å²) in [4.78, 5) is 4.24. The summed E-state index contributed by atoms with van der Waals surface area (Å²) in [7, 11) is -6.47. The number of rotatable bonds is 39. The highest BCUT2D eigenvalue weighted by Crippen LogP contribution is 2.49. The predicted molar refractivity (Wildman–Crippen MR) is 247 cm³/mol. The van der Waals surface area contributed by atoms with Gasteiger partial charge in [-0.25, -0.2) is 0 Å². The van der Waals surface area contributed by atoms with Gasteiger partial charge in [0.05, 0.1) is 38.8 Å². The van der Waals surface area contributed by atoms with E-state index in [2.05, 4.69) is 23.6 Å². The summed E-state index contributed by atoms with van der Waals surface area (Å²) in [5.41, 5.74) is 23.0. The molecular formula is C34H84Cl6N6O6P2. The van der Waals surface area contributed by atoms with E-state index in [1.807, 2.05) is 0 Å². The maximum absolute atomic E-state index is 13.7. The van der Waals surface area contributed by atoms with Gasteiger partial charge in [-0.05, 0) is 25.7 Å². The van der Waals surface area contributed by atoms with E-state index in [9.17, 15) is 9.13 Å². The molecule has 0 aliphatic rings. The maximum atomic E-state index is 13.7. The molecule has 0 rings (SSSR count). The van der Waals surface area contributed by atoms with E-state index in [4.69, 9.17) is 41.0 Å². The summed E-state index contributed by atoms with van der Waals surface area (Å²) >= 11 is 0. The predicted octanol–water partition coefficient (Wildman–Crippen LogP) is 8.69. The molecule has 12 nitrogen and oxygen atoms in total. The summed E-state index contributed by atoms with van der Waals surface area (Å²) in [5.74, 6) is 0. The lowest BCUT2D eigenvalue weighted by Crippen LogP contribution is -2.36. The first-order valence-electron chi connectivity index (χ1n) is 19.3. The van der Waals surface area contributed by atoms with Crippen LogP contribution >= 0.6 is 89.6 Å². The SMILES string of the molecule is CCCCCCCCOP(=O)(CCN(CCN)CCN)OCCCCCCOP(=O)(CCN(CCN)CCN)OCCCCCCCC.Cl.Cl.Cl.Cl.Cl.Cl. The average Bonchev–Trinajstić information content (AvgIpc) is 3.07. The van der Waals surface area contributed by atoms with Gasteiger partial charge in [-0.15, -0.1) is 74.4 Å². The van der Waals surface area contributed by atoms with Crippen LogP contribution in [0.5, 0.6) is 0 Å². The van der Waals surface area contributed by atoms with Crippen LogP contribution in [-0.4, -0.2) is 114 Å².